The van der Waals surface area contributed by atoms with Crippen LogP contribution in [0.1, 0.15) is 0 Å². The van der Waals surface area contributed by atoms with Crippen LogP contribution in [0.4, 0.5) is 61.5 Å². The molecule has 0 fully saturated rings. The van der Waals surface area contributed by atoms with Crippen molar-refractivity contribution in [1.82, 2.24) is 0 Å². The lowest BCUT2D eigenvalue weighted by atomic mass is 10.3. The van der Waals surface area contributed by atoms with Crippen molar-refractivity contribution in [1.29, 1.82) is 0 Å². The Hall–Kier alpha value is -0.460. The molecule has 0 aliphatic carbocycles. The Kier molecular flexibility index (Phi) is 5.16. The van der Waals surface area contributed by atoms with E-state index < -0.39 is 42.0 Å². The molecule has 0 unspecified atom stereocenters. The summed E-state index contributed by atoms with van der Waals surface area (Å²) in [6, 6.07) is 0. The Morgan fingerprint density at radius 3 is 0.826 bits per heavy atom. The maximum absolute atomic E-state index is 12.8. The fourth-order valence-electron chi connectivity index (χ4n) is 0.879. The smallest absolute Gasteiger partial charge is 0.293 e. The second kappa shape index (κ2) is 5.27. The van der Waals surface area contributed by atoms with Gasteiger partial charge in [0.15, 0.2) is 0 Å². The Bertz CT molecular complexity index is 460. The summed E-state index contributed by atoms with van der Waals surface area (Å²) in [7, 11) is 0. The third kappa shape index (κ3) is 2.87. The lowest BCUT2D eigenvalue weighted by Gasteiger charge is -2.37. The van der Waals surface area contributed by atoms with E-state index in [1.807, 2.05) is 0 Å². The average molecular weight is 420 g/mol. The highest BCUT2D eigenvalue weighted by molar-refractivity contribution is 7.91. The predicted molar refractivity (Wildman–Crippen MR) is 45.4 cm³/mol. The van der Waals surface area contributed by atoms with Crippen molar-refractivity contribution in [3.8, 4) is 0 Å². The molecule has 1 nitrogen and oxygen atoms in total. The first-order chi connectivity index (χ1) is 9.50. The maximum Gasteiger partial charge on any atom is 0.460 e. The van der Waals surface area contributed by atoms with Crippen LogP contribution in [0.5, 0.6) is 0 Å². The molecular weight excluding hydrogens is 420 g/mol. The fourth-order valence-corrected chi connectivity index (χ4v) is 2.84. The fraction of sp³-hybridized carbons (Fsp3) is 1.00. The van der Waals surface area contributed by atoms with Crippen molar-refractivity contribution in [2.24, 2.45) is 0 Å². The number of rotatable bonds is 4. The molecule has 0 bridgehead atoms. The van der Waals surface area contributed by atoms with Gasteiger partial charge >= 0.3 is 42.0 Å². The first-order valence-electron chi connectivity index (χ1n) is 4.44. The van der Waals surface area contributed by atoms with Gasteiger partial charge in [0.2, 0.25) is 0 Å². The van der Waals surface area contributed by atoms with Crippen LogP contribution in [-0.4, -0.2) is 35.5 Å². The molecule has 0 N–H and O–H groups in total. The SMILES string of the molecule is O=P(Cl)(C(F)(F)C(F)(F)C(F)(F)F)C(F)(F)C(F)(F)C(F)(F)F. The van der Waals surface area contributed by atoms with Crippen molar-refractivity contribution >= 4 is 17.7 Å². The quantitative estimate of drug-likeness (QED) is 0.398. The lowest BCUT2D eigenvalue weighted by molar-refractivity contribution is -0.344. The summed E-state index contributed by atoms with van der Waals surface area (Å²) in [5, 5.41) is 0. The van der Waals surface area contributed by atoms with Crippen molar-refractivity contribution in [2.75, 3.05) is 0 Å². The van der Waals surface area contributed by atoms with E-state index in [2.05, 4.69) is 11.2 Å². The second-order valence-corrected chi connectivity index (χ2v) is 7.38. The molecule has 0 amide bonds. The third-order valence-corrected chi connectivity index (χ3v) is 5.47. The van der Waals surface area contributed by atoms with E-state index in [1.165, 1.54) is 0 Å². The molecular formula is C6ClF14OP. The molecule has 0 radical (unpaired) electrons. The zero-order chi connectivity index (χ0) is 19.5. The monoisotopic (exact) mass is 420 g/mol. The van der Waals surface area contributed by atoms with Gasteiger partial charge in [0.05, 0.1) is 0 Å². The second-order valence-electron chi connectivity index (χ2n) is 3.76. The van der Waals surface area contributed by atoms with Crippen molar-refractivity contribution in [2.45, 2.75) is 35.5 Å². The van der Waals surface area contributed by atoms with Gasteiger partial charge in [0, 0.05) is 0 Å². The number of hydrogen-bond donors (Lipinski definition) is 0. The Labute approximate surface area is 120 Å². The molecule has 0 aliphatic rings. The average Bonchev–Trinajstić information content (AvgIpc) is 2.24. The van der Waals surface area contributed by atoms with Gasteiger partial charge in [-0.2, -0.15) is 61.5 Å². The third-order valence-electron chi connectivity index (χ3n) is 2.19. The van der Waals surface area contributed by atoms with E-state index in [0.717, 1.165) is 0 Å². The molecule has 0 atom stereocenters. The van der Waals surface area contributed by atoms with Crippen LogP contribution >= 0.6 is 17.7 Å². The Morgan fingerprint density at radius 2 is 0.696 bits per heavy atom. The van der Waals surface area contributed by atoms with Gasteiger partial charge in [-0.15, -0.1) is 0 Å². The minimum Gasteiger partial charge on any atom is -0.293 e. The van der Waals surface area contributed by atoms with E-state index in [-0.39, 0.29) is 0 Å². The minimum absolute atomic E-state index is 3.60. The zero-order valence-corrected chi connectivity index (χ0v) is 11.2. The van der Waals surface area contributed by atoms with Crippen LogP contribution in [-0.2, 0) is 4.57 Å². The molecule has 140 valence electrons. The van der Waals surface area contributed by atoms with Crippen molar-refractivity contribution in [3.05, 3.63) is 0 Å². The standard InChI is InChI=1S/C6ClF14OP/c7-23(22,5(18,19)1(8,9)3(12,13)14)6(20,21)2(10,11)4(15,16)17. The maximum atomic E-state index is 12.8. The van der Waals surface area contributed by atoms with E-state index in [4.69, 9.17) is 0 Å². The first-order valence-corrected chi connectivity index (χ1v) is 7.06. The van der Waals surface area contributed by atoms with E-state index >= 15 is 0 Å². The van der Waals surface area contributed by atoms with Gasteiger partial charge < -0.3 is 0 Å². The molecule has 0 saturated heterocycles. The molecule has 0 heterocycles. The van der Waals surface area contributed by atoms with Crippen LogP contribution in [0.25, 0.3) is 0 Å². The highest BCUT2D eigenvalue weighted by atomic mass is 35.7. The molecule has 17 heteroatoms. The van der Waals surface area contributed by atoms with Gasteiger partial charge in [0.1, 0.15) is 0 Å². The molecule has 0 aromatic heterocycles. The molecule has 23 heavy (non-hydrogen) atoms. The van der Waals surface area contributed by atoms with E-state index in [9.17, 15) is 66.0 Å². The molecule has 0 aliphatic heterocycles. The Morgan fingerprint density at radius 1 is 0.522 bits per heavy atom. The number of halogens is 15. The molecule has 0 saturated carbocycles. The summed E-state index contributed by atoms with van der Waals surface area (Å²) in [6.45, 7) is -8.67. The van der Waals surface area contributed by atoms with Gasteiger partial charge in [-0.3, -0.25) is 4.57 Å². The largest absolute Gasteiger partial charge is 0.460 e. The molecule has 0 spiro atoms. The van der Waals surface area contributed by atoms with Gasteiger partial charge in [-0.25, -0.2) is 0 Å². The highest BCUT2D eigenvalue weighted by Crippen LogP contribution is 2.81. The van der Waals surface area contributed by atoms with E-state index in [0.29, 0.717) is 0 Å². The molecule has 0 rings (SSSR count). The van der Waals surface area contributed by atoms with Crippen molar-refractivity contribution < 1.29 is 66.0 Å². The topological polar surface area (TPSA) is 17.1 Å². The number of hydrogen-bond acceptors (Lipinski definition) is 1. The lowest BCUT2D eigenvalue weighted by Crippen LogP contribution is -2.58. The van der Waals surface area contributed by atoms with Crippen LogP contribution in [0, 0.1) is 0 Å². The predicted octanol–water partition coefficient (Wildman–Crippen LogP) is 6.08. The van der Waals surface area contributed by atoms with Crippen LogP contribution in [0.15, 0.2) is 0 Å². The van der Waals surface area contributed by atoms with E-state index in [1.54, 1.807) is 0 Å². The van der Waals surface area contributed by atoms with Crippen LogP contribution in [0.3, 0.4) is 0 Å². The van der Waals surface area contributed by atoms with Gasteiger partial charge in [0.25, 0.3) is 0 Å². The Balaban J connectivity index is 6.44. The zero-order valence-electron chi connectivity index (χ0n) is 9.52. The minimum atomic E-state index is -8.67. The van der Waals surface area contributed by atoms with Crippen molar-refractivity contribution in [3.63, 3.8) is 0 Å². The summed E-state index contributed by atoms with van der Waals surface area (Å²) in [5.41, 5.74) is -15.4. The number of alkyl halides is 14. The van der Waals surface area contributed by atoms with Crippen LogP contribution < -0.4 is 0 Å². The molecule has 0 aromatic rings. The summed E-state index contributed by atoms with van der Waals surface area (Å²) >= 11 is 3.60. The first kappa shape index (κ1) is 22.5. The highest BCUT2D eigenvalue weighted by Gasteiger charge is 2.90. The van der Waals surface area contributed by atoms with Crippen LogP contribution in [0.2, 0.25) is 0 Å². The summed E-state index contributed by atoms with van der Waals surface area (Å²) in [6.07, 6.45) is -14.9. The summed E-state index contributed by atoms with van der Waals surface area (Å²) in [5.74, 6) is -15.4. The summed E-state index contributed by atoms with van der Waals surface area (Å²) < 4.78 is 182. The summed E-state index contributed by atoms with van der Waals surface area (Å²) in [4.78, 5) is 0. The van der Waals surface area contributed by atoms with Gasteiger partial charge in [-0.05, 0) is 11.2 Å². The molecule has 0 aromatic carbocycles. The van der Waals surface area contributed by atoms with Gasteiger partial charge in [-0.1, -0.05) is 0 Å². The normalized spacial score (nSPS) is 16.7.